The van der Waals surface area contributed by atoms with Crippen molar-refractivity contribution in [3.63, 3.8) is 0 Å². The van der Waals surface area contributed by atoms with Crippen molar-refractivity contribution in [3.05, 3.63) is 100 Å². The van der Waals surface area contributed by atoms with Gasteiger partial charge in [0.25, 0.3) is 5.60 Å². The highest BCUT2D eigenvalue weighted by Gasteiger charge is 2.61. The van der Waals surface area contributed by atoms with E-state index in [1.54, 1.807) is 24.3 Å². The van der Waals surface area contributed by atoms with E-state index in [-0.39, 0.29) is 44.8 Å². The standard InChI is InChI=1S/C17H14F3N3O2S.C15H10ClF3O2/c1-11-2-4-12(5-3-11)15-10-16(17(18,19)20)22-23(15)13-6-8-14(9-7-13)26(21,24)25;16-11-4-3-10-7-13(20)21-14(12(10)8-11,15(17,18)19)6-5-9-1-2-9/h2-10H,1H3,(H2,21,24,25);3-4,8-9H,1-2,7H2/t;14-/m.0/s1. The molecular formula is C32H24ClF6N3O4S. The molecule has 0 amide bonds. The number of fused-ring (bicyclic) bond motifs is 1. The molecule has 2 aliphatic rings. The molecule has 1 fully saturated rings. The van der Waals surface area contributed by atoms with Crippen LogP contribution in [-0.2, 0) is 37.8 Å². The van der Waals surface area contributed by atoms with Crippen molar-refractivity contribution >= 4 is 27.6 Å². The van der Waals surface area contributed by atoms with E-state index in [0.717, 1.165) is 29.2 Å². The summed E-state index contributed by atoms with van der Waals surface area (Å²) in [6.45, 7) is 1.87. The fourth-order valence-electron chi connectivity index (χ4n) is 4.68. The first-order valence-electron chi connectivity index (χ1n) is 13.8. The molecule has 1 aliphatic carbocycles. The van der Waals surface area contributed by atoms with Gasteiger partial charge in [-0.25, -0.2) is 18.2 Å². The van der Waals surface area contributed by atoms with Gasteiger partial charge in [-0.15, -0.1) is 0 Å². The highest BCUT2D eigenvalue weighted by molar-refractivity contribution is 7.89. The third-order valence-corrected chi connectivity index (χ3v) is 8.40. The Morgan fingerprint density at radius 1 is 0.979 bits per heavy atom. The van der Waals surface area contributed by atoms with E-state index in [1.165, 1.54) is 42.5 Å². The summed E-state index contributed by atoms with van der Waals surface area (Å²) in [5.74, 6) is 3.75. The molecule has 1 atom stereocenters. The average molecular weight is 696 g/mol. The molecule has 2 heterocycles. The maximum atomic E-state index is 13.6. The van der Waals surface area contributed by atoms with Gasteiger partial charge in [-0.05, 0) is 73.7 Å². The van der Waals surface area contributed by atoms with Crippen molar-refractivity contribution in [1.82, 2.24) is 9.78 Å². The van der Waals surface area contributed by atoms with Gasteiger partial charge in [-0.1, -0.05) is 53.4 Å². The smallest absolute Gasteiger partial charge is 0.431 e. The van der Waals surface area contributed by atoms with Crippen molar-refractivity contribution in [2.45, 2.75) is 49.0 Å². The zero-order valence-electron chi connectivity index (χ0n) is 24.3. The molecule has 2 N–H and O–H groups in total. The third kappa shape index (κ3) is 7.48. The summed E-state index contributed by atoms with van der Waals surface area (Å²) < 4.78 is 109. The van der Waals surface area contributed by atoms with Gasteiger partial charge < -0.3 is 4.74 Å². The van der Waals surface area contributed by atoms with Crippen molar-refractivity contribution in [2.75, 3.05) is 0 Å². The number of sulfonamides is 1. The number of hydrogen-bond donors (Lipinski definition) is 1. The molecule has 246 valence electrons. The Morgan fingerprint density at radius 2 is 1.62 bits per heavy atom. The minimum Gasteiger partial charge on any atom is -0.431 e. The van der Waals surface area contributed by atoms with Gasteiger partial charge in [0.1, 0.15) is 0 Å². The van der Waals surface area contributed by atoms with Crippen LogP contribution in [0.5, 0.6) is 0 Å². The second-order valence-electron chi connectivity index (χ2n) is 10.9. The largest absolute Gasteiger partial charge is 0.445 e. The number of halogens is 7. The minimum atomic E-state index is -4.83. The van der Waals surface area contributed by atoms with E-state index in [1.807, 2.05) is 6.92 Å². The maximum absolute atomic E-state index is 13.6. The van der Waals surface area contributed by atoms with Crippen molar-refractivity contribution in [3.8, 4) is 28.8 Å². The van der Waals surface area contributed by atoms with Gasteiger partial charge in [0, 0.05) is 22.1 Å². The fraction of sp³-hybridized carbons (Fsp3) is 0.250. The van der Waals surface area contributed by atoms with Crippen LogP contribution in [0, 0.1) is 24.7 Å². The lowest BCUT2D eigenvalue weighted by molar-refractivity contribution is -0.256. The van der Waals surface area contributed by atoms with Crippen LogP contribution in [0.3, 0.4) is 0 Å². The van der Waals surface area contributed by atoms with E-state index in [0.29, 0.717) is 5.56 Å². The van der Waals surface area contributed by atoms with E-state index in [2.05, 4.69) is 16.9 Å². The zero-order chi connectivity index (χ0) is 34.4. The van der Waals surface area contributed by atoms with E-state index < -0.39 is 39.6 Å². The number of cyclic esters (lactones) is 1. The molecule has 7 nitrogen and oxygen atoms in total. The van der Waals surface area contributed by atoms with Crippen LogP contribution in [0.4, 0.5) is 26.3 Å². The molecule has 3 aromatic carbocycles. The van der Waals surface area contributed by atoms with Crippen molar-refractivity contribution < 1.29 is 44.3 Å². The van der Waals surface area contributed by atoms with Crippen LogP contribution < -0.4 is 5.14 Å². The van der Waals surface area contributed by atoms with Crippen molar-refractivity contribution in [1.29, 1.82) is 0 Å². The molecule has 6 rings (SSSR count). The summed E-state index contributed by atoms with van der Waals surface area (Å²) in [5, 5.41) is 8.84. The average Bonchev–Trinajstić information content (AvgIpc) is 3.70. The quantitative estimate of drug-likeness (QED) is 0.140. The first-order chi connectivity index (χ1) is 21.9. The highest BCUT2D eigenvalue weighted by atomic mass is 35.5. The van der Waals surface area contributed by atoms with Gasteiger partial charge in [-0.3, -0.25) is 4.79 Å². The second kappa shape index (κ2) is 12.4. The normalized spacial score (nSPS) is 17.9. The SMILES string of the molecule is Cc1ccc(-c2cc(C(F)(F)F)nn2-c2ccc(S(N)(=O)=O)cc2)cc1.O=C1Cc2ccc(Cl)cc2[C@@](C#CC2CC2)(C(F)(F)F)O1. The van der Waals surface area contributed by atoms with E-state index >= 15 is 0 Å². The Kier molecular flexibility index (Phi) is 8.95. The molecule has 1 saturated carbocycles. The number of rotatable bonds is 3. The molecule has 47 heavy (non-hydrogen) atoms. The molecule has 0 bridgehead atoms. The van der Waals surface area contributed by atoms with Crippen LogP contribution in [-0.4, -0.2) is 30.3 Å². The Bertz CT molecular complexity index is 1990. The number of carbonyl (C=O) groups is 1. The van der Waals surface area contributed by atoms with Crippen LogP contribution in [0.2, 0.25) is 5.02 Å². The molecule has 0 unspecified atom stereocenters. The summed E-state index contributed by atoms with van der Waals surface area (Å²) >= 11 is 5.81. The van der Waals surface area contributed by atoms with Crippen LogP contribution in [0.15, 0.2) is 77.7 Å². The first-order valence-corrected chi connectivity index (χ1v) is 15.8. The molecule has 1 aliphatic heterocycles. The number of primary sulfonamides is 1. The third-order valence-electron chi connectivity index (χ3n) is 7.24. The molecular weight excluding hydrogens is 672 g/mol. The maximum Gasteiger partial charge on any atom is 0.445 e. The number of hydrogen-bond acceptors (Lipinski definition) is 5. The lowest BCUT2D eigenvalue weighted by Crippen LogP contribution is -2.48. The number of aromatic nitrogens is 2. The minimum absolute atomic E-state index is 0.0486. The molecule has 0 saturated heterocycles. The zero-order valence-corrected chi connectivity index (χ0v) is 25.9. The number of nitrogens with two attached hydrogens (primary N) is 1. The van der Waals surface area contributed by atoms with E-state index in [9.17, 15) is 39.6 Å². The van der Waals surface area contributed by atoms with E-state index in [4.69, 9.17) is 21.5 Å². The number of benzene rings is 3. The fourth-order valence-corrected chi connectivity index (χ4v) is 5.36. The summed E-state index contributed by atoms with van der Waals surface area (Å²) in [6.07, 6.45) is -8.10. The molecule has 4 aromatic rings. The van der Waals surface area contributed by atoms with Crippen LogP contribution in [0.25, 0.3) is 16.9 Å². The van der Waals surface area contributed by atoms with Crippen LogP contribution >= 0.6 is 11.6 Å². The predicted octanol–water partition coefficient (Wildman–Crippen LogP) is 7.12. The van der Waals surface area contributed by atoms with Crippen LogP contribution in [0.1, 0.15) is 35.2 Å². The number of esters is 1. The number of alkyl halides is 6. The Balaban J connectivity index is 0.000000189. The monoisotopic (exact) mass is 695 g/mol. The van der Waals surface area contributed by atoms with Gasteiger partial charge >= 0.3 is 18.3 Å². The molecule has 0 spiro atoms. The molecule has 15 heteroatoms. The highest BCUT2D eigenvalue weighted by Crippen LogP contribution is 2.47. The summed E-state index contributed by atoms with van der Waals surface area (Å²) in [7, 11) is -3.90. The number of ether oxygens (including phenoxy) is 1. The summed E-state index contributed by atoms with van der Waals surface area (Å²) in [6, 6.07) is 17.1. The Labute approximate surface area is 270 Å². The molecule has 0 radical (unpaired) electrons. The second-order valence-corrected chi connectivity index (χ2v) is 12.9. The van der Waals surface area contributed by atoms with Gasteiger partial charge in [0.15, 0.2) is 5.69 Å². The topological polar surface area (TPSA) is 104 Å². The molecule has 1 aromatic heterocycles. The summed E-state index contributed by atoms with van der Waals surface area (Å²) in [5.41, 5.74) is -1.85. The lowest BCUT2D eigenvalue weighted by atomic mass is 9.85. The van der Waals surface area contributed by atoms with Gasteiger partial charge in [0.2, 0.25) is 10.0 Å². The first kappa shape index (κ1) is 34.0. The number of aryl methyl sites for hydroxylation is 1. The Hall–Kier alpha value is -4.32. The number of carbonyl (C=O) groups excluding carboxylic acids is 1. The van der Waals surface area contributed by atoms with Gasteiger partial charge in [0.05, 0.1) is 22.7 Å². The predicted molar refractivity (Wildman–Crippen MR) is 160 cm³/mol. The Morgan fingerprint density at radius 3 is 2.17 bits per heavy atom. The summed E-state index contributed by atoms with van der Waals surface area (Å²) in [4.78, 5) is 11.5. The van der Waals surface area contributed by atoms with Gasteiger partial charge in [-0.2, -0.15) is 31.4 Å². The number of nitrogens with zero attached hydrogens (tertiary/aromatic N) is 2. The lowest BCUT2D eigenvalue weighted by Gasteiger charge is -2.35. The van der Waals surface area contributed by atoms with Crippen molar-refractivity contribution in [2.24, 2.45) is 11.1 Å².